The van der Waals surface area contributed by atoms with Gasteiger partial charge in [-0.2, -0.15) is 0 Å². The maximum atomic E-state index is 12.7. The van der Waals surface area contributed by atoms with Gasteiger partial charge in [0.2, 0.25) is 0 Å². The molecule has 26 heavy (non-hydrogen) atoms. The van der Waals surface area contributed by atoms with E-state index in [9.17, 15) is 14.4 Å². The Morgan fingerprint density at radius 3 is 1.96 bits per heavy atom. The number of nitrogens with zero attached hydrogens (tertiary/aromatic N) is 2. The molecular formula is C19H22N2O5. The Hall–Kier alpha value is -2.83. The lowest BCUT2D eigenvalue weighted by molar-refractivity contribution is -0.144. The van der Waals surface area contributed by atoms with Crippen LogP contribution in [0.1, 0.15) is 27.7 Å². The minimum absolute atomic E-state index is 0.230. The fourth-order valence-electron chi connectivity index (χ4n) is 3.52. The number of amides is 1. The van der Waals surface area contributed by atoms with Crippen molar-refractivity contribution >= 4 is 23.3 Å². The second-order valence-electron chi connectivity index (χ2n) is 7.31. The van der Waals surface area contributed by atoms with Crippen molar-refractivity contribution in [1.29, 1.82) is 0 Å². The highest BCUT2D eigenvalue weighted by Crippen LogP contribution is 2.51. The van der Waals surface area contributed by atoms with Gasteiger partial charge in [0.25, 0.3) is 5.78 Å². The van der Waals surface area contributed by atoms with E-state index in [1.165, 1.54) is 12.0 Å². The standard InChI is InChI=1S/C19H22N2O5/c1-18(2)19(3,4)21-15(13(17(24)26-6)14(22)16(21)23)20(18)11-7-9-12(25-5)10-8-11/h7-10H,1-6H3. The van der Waals surface area contributed by atoms with Crippen molar-refractivity contribution in [2.75, 3.05) is 19.1 Å². The van der Waals surface area contributed by atoms with Crippen molar-refractivity contribution in [3.63, 3.8) is 0 Å². The lowest BCUT2D eigenvalue weighted by Crippen LogP contribution is -2.56. The Kier molecular flexibility index (Phi) is 3.86. The van der Waals surface area contributed by atoms with Crippen LogP contribution in [-0.2, 0) is 19.1 Å². The van der Waals surface area contributed by atoms with E-state index >= 15 is 0 Å². The summed E-state index contributed by atoms with van der Waals surface area (Å²) in [6, 6.07) is 7.24. The number of fused-ring (bicyclic) bond motifs is 1. The predicted octanol–water partition coefficient (Wildman–Crippen LogP) is 1.87. The number of carbonyl (C=O) groups excluding carboxylic acids is 3. The summed E-state index contributed by atoms with van der Waals surface area (Å²) in [4.78, 5) is 40.7. The molecule has 1 amide bonds. The highest BCUT2D eigenvalue weighted by Gasteiger charge is 2.63. The zero-order valence-corrected chi connectivity index (χ0v) is 15.7. The minimum Gasteiger partial charge on any atom is -0.497 e. The van der Waals surface area contributed by atoms with Crippen molar-refractivity contribution in [2.45, 2.75) is 38.8 Å². The average Bonchev–Trinajstić information content (AvgIpc) is 2.94. The molecule has 7 nitrogen and oxygen atoms in total. The number of methoxy groups -OCH3 is 2. The Morgan fingerprint density at radius 2 is 1.46 bits per heavy atom. The molecule has 3 rings (SSSR count). The van der Waals surface area contributed by atoms with Crippen molar-refractivity contribution in [2.24, 2.45) is 0 Å². The molecule has 0 radical (unpaired) electrons. The first kappa shape index (κ1) is 18.0. The lowest BCUT2D eigenvalue weighted by Gasteiger charge is -2.41. The van der Waals surface area contributed by atoms with Gasteiger partial charge < -0.3 is 14.4 Å². The van der Waals surface area contributed by atoms with E-state index in [1.54, 1.807) is 19.2 Å². The number of ether oxygens (including phenoxy) is 2. The Labute approximate surface area is 152 Å². The number of carbonyl (C=O) groups is 3. The van der Waals surface area contributed by atoms with Crippen LogP contribution in [0.3, 0.4) is 0 Å². The van der Waals surface area contributed by atoms with Crippen LogP contribution in [0, 0.1) is 0 Å². The normalized spacial score (nSPS) is 20.5. The van der Waals surface area contributed by atoms with Gasteiger partial charge in [0.05, 0.1) is 25.3 Å². The maximum absolute atomic E-state index is 12.7. The summed E-state index contributed by atoms with van der Waals surface area (Å²) >= 11 is 0. The van der Waals surface area contributed by atoms with E-state index in [2.05, 4.69) is 0 Å². The molecule has 0 atom stereocenters. The number of rotatable bonds is 3. The number of esters is 1. The fraction of sp³-hybridized carbons (Fsp3) is 0.421. The summed E-state index contributed by atoms with van der Waals surface area (Å²) in [6.45, 7) is 7.69. The Balaban J connectivity index is 2.29. The molecule has 138 valence electrons. The van der Waals surface area contributed by atoms with Crippen molar-refractivity contribution < 1.29 is 23.9 Å². The van der Waals surface area contributed by atoms with Gasteiger partial charge in [-0.25, -0.2) is 4.79 Å². The summed E-state index contributed by atoms with van der Waals surface area (Å²) in [5.41, 5.74) is -0.811. The third kappa shape index (κ3) is 2.09. The van der Waals surface area contributed by atoms with Crippen LogP contribution in [-0.4, -0.2) is 47.9 Å². The van der Waals surface area contributed by atoms with E-state index < -0.39 is 28.7 Å². The zero-order chi connectivity index (χ0) is 19.4. The molecule has 0 saturated carbocycles. The lowest BCUT2D eigenvalue weighted by atomic mass is 9.82. The summed E-state index contributed by atoms with van der Waals surface area (Å²) < 4.78 is 9.97. The van der Waals surface area contributed by atoms with Gasteiger partial charge in [0.1, 0.15) is 11.6 Å². The second-order valence-corrected chi connectivity index (χ2v) is 7.31. The number of hydrogen-bond donors (Lipinski definition) is 0. The van der Waals surface area contributed by atoms with Crippen LogP contribution < -0.4 is 9.64 Å². The van der Waals surface area contributed by atoms with E-state index in [0.29, 0.717) is 5.75 Å². The third-order valence-corrected chi connectivity index (χ3v) is 5.61. The van der Waals surface area contributed by atoms with Gasteiger partial charge in [0, 0.05) is 5.69 Å². The molecule has 7 heteroatoms. The average molecular weight is 358 g/mol. The summed E-state index contributed by atoms with van der Waals surface area (Å²) in [5, 5.41) is 0. The van der Waals surface area contributed by atoms with Crippen LogP contribution >= 0.6 is 0 Å². The van der Waals surface area contributed by atoms with Crippen LogP contribution in [0.15, 0.2) is 35.7 Å². The Bertz CT molecular complexity index is 836. The molecule has 1 fully saturated rings. The highest BCUT2D eigenvalue weighted by atomic mass is 16.5. The number of anilines is 1. The smallest absolute Gasteiger partial charge is 0.345 e. The molecule has 1 aromatic carbocycles. The van der Waals surface area contributed by atoms with Crippen LogP contribution in [0.2, 0.25) is 0 Å². The molecule has 0 bridgehead atoms. The number of hydrogen-bond acceptors (Lipinski definition) is 6. The van der Waals surface area contributed by atoms with Crippen LogP contribution in [0.4, 0.5) is 5.69 Å². The van der Waals surface area contributed by atoms with Gasteiger partial charge in [-0.3, -0.25) is 14.5 Å². The number of Topliss-reactive ketones (excluding diaryl/α,β-unsaturated/α-hetero) is 1. The van der Waals surface area contributed by atoms with Gasteiger partial charge in [-0.05, 0) is 52.0 Å². The zero-order valence-electron chi connectivity index (χ0n) is 15.7. The predicted molar refractivity (Wildman–Crippen MR) is 94.5 cm³/mol. The highest BCUT2D eigenvalue weighted by molar-refractivity contribution is 6.51. The number of benzene rings is 1. The quantitative estimate of drug-likeness (QED) is 0.466. The van der Waals surface area contributed by atoms with Crippen LogP contribution in [0.25, 0.3) is 0 Å². The van der Waals surface area contributed by atoms with Crippen molar-refractivity contribution in [3.05, 3.63) is 35.7 Å². The SMILES string of the molecule is COC(=O)C1=C2N(C(=O)C1=O)C(C)(C)C(C)(C)N2c1ccc(OC)cc1. The summed E-state index contributed by atoms with van der Waals surface area (Å²) in [5.74, 6) is -1.41. The molecule has 2 heterocycles. The monoisotopic (exact) mass is 358 g/mol. The first-order chi connectivity index (χ1) is 12.1. The molecule has 0 aliphatic carbocycles. The van der Waals surface area contributed by atoms with Gasteiger partial charge >= 0.3 is 11.9 Å². The molecule has 2 aliphatic heterocycles. The van der Waals surface area contributed by atoms with E-state index in [-0.39, 0.29) is 11.4 Å². The molecule has 1 aromatic rings. The van der Waals surface area contributed by atoms with Gasteiger partial charge in [0.15, 0.2) is 5.57 Å². The molecule has 0 aromatic heterocycles. The molecule has 2 aliphatic rings. The maximum Gasteiger partial charge on any atom is 0.345 e. The first-order valence-corrected chi connectivity index (χ1v) is 8.25. The Morgan fingerprint density at radius 1 is 0.923 bits per heavy atom. The summed E-state index contributed by atoms with van der Waals surface area (Å²) in [7, 11) is 2.77. The van der Waals surface area contributed by atoms with E-state index in [1.807, 2.05) is 44.7 Å². The van der Waals surface area contributed by atoms with Crippen molar-refractivity contribution in [1.82, 2.24) is 4.90 Å². The first-order valence-electron chi connectivity index (χ1n) is 8.25. The largest absolute Gasteiger partial charge is 0.497 e. The third-order valence-electron chi connectivity index (χ3n) is 5.61. The van der Waals surface area contributed by atoms with Crippen LogP contribution in [0.5, 0.6) is 5.75 Å². The van der Waals surface area contributed by atoms with E-state index in [4.69, 9.17) is 9.47 Å². The molecule has 1 saturated heterocycles. The second kappa shape index (κ2) is 5.59. The molecular weight excluding hydrogens is 336 g/mol. The molecule has 0 spiro atoms. The topological polar surface area (TPSA) is 76.2 Å². The van der Waals surface area contributed by atoms with Crippen molar-refractivity contribution in [3.8, 4) is 5.75 Å². The fourth-order valence-corrected chi connectivity index (χ4v) is 3.52. The number of ketones is 1. The van der Waals surface area contributed by atoms with E-state index in [0.717, 1.165) is 5.69 Å². The minimum atomic E-state index is -0.839. The molecule has 0 N–H and O–H groups in total. The molecule has 0 unspecified atom stereocenters. The van der Waals surface area contributed by atoms with Gasteiger partial charge in [-0.1, -0.05) is 0 Å². The summed E-state index contributed by atoms with van der Waals surface area (Å²) in [6.07, 6.45) is 0. The van der Waals surface area contributed by atoms with Gasteiger partial charge in [-0.15, -0.1) is 0 Å².